The summed E-state index contributed by atoms with van der Waals surface area (Å²) in [5, 5.41) is 7.93. The van der Waals surface area contributed by atoms with Crippen LogP contribution in [-0.2, 0) is 17.9 Å². The van der Waals surface area contributed by atoms with Crippen molar-refractivity contribution in [3.05, 3.63) is 57.4 Å². The smallest absolute Gasteiger partial charge is 0.350 e. The normalized spacial score (nSPS) is 12.1. The molecule has 0 bridgehead atoms. The Balaban J connectivity index is 2.19. The van der Waals surface area contributed by atoms with Crippen molar-refractivity contribution in [1.82, 2.24) is 19.3 Å². The molecule has 2 heterocycles. The van der Waals surface area contributed by atoms with Crippen LogP contribution in [0.2, 0.25) is 0 Å². The topological polar surface area (TPSA) is 61.9 Å². The molecule has 1 aromatic carbocycles. The molecule has 34 heavy (non-hydrogen) atoms. The van der Waals surface area contributed by atoms with E-state index >= 15 is 0 Å². The monoisotopic (exact) mass is 534 g/mol. The predicted octanol–water partition coefficient (Wildman–Crippen LogP) is 5.00. The van der Waals surface area contributed by atoms with Gasteiger partial charge >= 0.3 is 5.69 Å². The highest BCUT2D eigenvalue weighted by atomic mass is 32.2. The molecular formula is C24H32N4O2P2S2. The molecule has 2 atom stereocenters. The lowest BCUT2D eigenvalue weighted by Gasteiger charge is -2.16. The maximum Gasteiger partial charge on any atom is 0.350 e. The van der Waals surface area contributed by atoms with E-state index in [1.165, 1.54) is 10.2 Å². The fraction of sp³-hybridized carbons (Fsp3) is 0.375. The van der Waals surface area contributed by atoms with Crippen molar-refractivity contribution >= 4 is 58.7 Å². The maximum absolute atomic E-state index is 13.1. The second-order valence-electron chi connectivity index (χ2n) is 8.01. The van der Waals surface area contributed by atoms with Gasteiger partial charge in [-0.3, -0.25) is 4.57 Å². The van der Waals surface area contributed by atoms with Gasteiger partial charge in [0, 0.05) is 35.6 Å². The number of ether oxygens (including phenoxy) is 1. The molecule has 2 aromatic heterocycles. The van der Waals surface area contributed by atoms with Crippen LogP contribution in [0, 0.1) is 6.92 Å². The number of thioether (sulfide) groups is 2. The first-order chi connectivity index (χ1) is 16.2. The summed E-state index contributed by atoms with van der Waals surface area (Å²) >= 11 is 3.41. The highest BCUT2D eigenvalue weighted by Gasteiger charge is 2.19. The van der Waals surface area contributed by atoms with Gasteiger partial charge in [0.25, 0.3) is 0 Å². The number of nitrogens with zero attached hydrogens (tertiary/aromatic N) is 4. The van der Waals surface area contributed by atoms with Crippen molar-refractivity contribution in [3.8, 4) is 5.69 Å². The van der Waals surface area contributed by atoms with Gasteiger partial charge in [0.15, 0.2) is 5.82 Å². The summed E-state index contributed by atoms with van der Waals surface area (Å²) in [4.78, 5) is 18.7. The molecular weight excluding hydrogens is 502 g/mol. The molecule has 2 unspecified atom stereocenters. The molecule has 0 saturated heterocycles. The fourth-order valence-corrected chi connectivity index (χ4v) is 6.09. The minimum absolute atomic E-state index is 0.163. The Morgan fingerprint density at radius 2 is 2.06 bits per heavy atom. The van der Waals surface area contributed by atoms with Crippen LogP contribution in [0.1, 0.15) is 43.3 Å². The van der Waals surface area contributed by atoms with Crippen molar-refractivity contribution in [2.24, 2.45) is 0 Å². The number of aryl methyl sites for hydroxylation is 1. The lowest BCUT2D eigenvalue weighted by atomic mass is 10.1. The van der Waals surface area contributed by atoms with E-state index < -0.39 is 0 Å². The summed E-state index contributed by atoms with van der Waals surface area (Å²) in [6.45, 7) is 9.20. The molecule has 6 nitrogen and oxygen atoms in total. The van der Waals surface area contributed by atoms with Crippen LogP contribution in [0.3, 0.4) is 0 Å². The average molecular weight is 535 g/mol. The molecule has 0 amide bonds. The van der Waals surface area contributed by atoms with E-state index in [0.29, 0.717) is 17.6 Å². The number of rotatable bonds is 9. The Labute approximate surface area is 214 Å². The number of pyridine rings is 1. The third-order valence-corrected chi connectivity index (χ3v) is 7.94. The maximum atomic E-state index is 13.1. The van der Waals surface area contributed by atoms with Crippen LogP contribution >= 0.6 is 42.0 Å². The van der Waals surface area contributed by atoms with Crippen LogP contribution in [0.4, 0.5) is 0 Å². The highest BCUT2D eigenvalue weighted by Crippen LogP contribution is 2.37. The lowest BCUT2D eigenvalue weighted by Crippen LogP contribution is -2.26. The van der Waals surface area contributed by atoms with Gasteiger partial charge in [-0.1, -0.05) is 13.8 Å². The summed E-state index contributed by atoms with van der Waals surface area (Å²) in [6, 6.07) is 6.21. The van der Waals surface area contributed by atoms with Gasteiger partial charge in [-0.25, -0.2) is 9.78 Å². The summed E-state index contributed by atoms with van der Waals surface area (Å²) in [7, 11) is 7.27. The SMILES string of the molecule is CCn1c(COC)nn(-c2cc(SC(C)C)c(/C(P)=C/c3c(C)ccnc3SC)cc2P)c1=O. The predicted molar refractivity (Wildman–Crippen MR) is 153 cm³/mol. The van der Waals surface area contributed by atoms with E-state index in [1.807, 2.05) is 25.4 Å². The first-order valence-corrected chi connectivity index (χ1v) is 14.2. The zero-order valence-electron chi connectivity index (χ0n) is 20.5. The van der Waals surface area contributed by atoms with Crippen LogP contribution in [0.5, 0.6) is 0 Å². The van der Waals surface area contributed by atoms with Gasteiger partial charge in [-0.15, -0.1) is 47.1 Å². The second-order valence-corrected chi connectivity index (χ2v) is 11.7. The molecule has 0 aliphatic heterocycles. The Hall–Kier alpha value is -1.43. The minimum atomic E-state index is -0.163. The van der Waals surface area contributed by atoms with Crippen molar-refractivity contribution in [3.63, 3.8) is 0 Å². The Kier molecular flexibility index (Phi) is 9.59. The number of hydrogen-bond acceptors (Lipinski definition) is 6. The van der Waals surface area contributed by atoms with E-state index in [-0.39, 0.29) is 12.3 Å². The quantitative estimate of drug-likeness (QED) is 0.285. The molecule has 3 aromatic rings. The van der Waals surface area contributed by atoms with Gasteiger partial charge in [0.05, 0.1) is 5.69 Å². The second kappa shape index (κ2) is 12.0. The number of aromatic nitrogens is 4. The number of hydrogen-bond donors (Lipinski definition) is 0. The molecule has 0 aliphatic rings. The average Bonchev–Trinajstić information content (AvgIpc) is 3.10. The van der Waals surface area contributed by atoms with Crippen molar-refractivity contribution < 1.29 is 4.74 Å². The fourth-order valence-electron chi connectivity index (χ4n) is 3.61. The number of benzene rings is 1. The minimum Gasteiger partial charge on any atom is -0.377 e. The van der Waals surface area contributed by atoms with E-state index in [0.717, 1.165) is 37.4 Å². The van der Waals surface area contributed by atoms with Gasteiger partial charge in [0.1, 0.15) is 11.6 Å². The molecule has 10 heteroatoms. The zero-order valence-corrected chi connectivity index (χ0v) is 24.4. The number of methoxy groups -OCH3 is 1. The van der Waals surface area contributed by atoms with Crippen LogP contribution < -0.4 is 11.0 Å². The van der Waals surface area contributed by atoms with Crippen LogP contribution in [0.15, 0.2) is 39.1 Å². The highest BCUT2D eigenvalue weighted by molar-refractivity contribution is 8.00. The Morgan fingerprint density at radius 1 is 1.32 bits per heavy atom. The van der Waals surface area contributed by atoms with Crippen LogP contribution in [0.25, 0.3) is 17.1 Å². The van der Waals surface area contributed by atoms with E-state index in [9.17, 15) is 4.79 Å². The van der Waals surface area contributed by atoms with Crippen LogP contribution in [-0.4, -0.2) is 37.9 Å². The van der Waals surface area contributed by atoms with E-state index in [1.54, 1.807) is 35.2 Å². The van der Waals surface area contributed by atoms with Gasteiger partial charge < -0.3 is 4.74 Å². The molecule has 0 fully saturated rings. The van der Waals surface area contributed by atoms with Crippen molar-refractivity contribution in [2.75, 3.05) is 13.4 Å². The zero-order chi connectivity index (χ0) is 25.0. The standard InChI is InChI=1S/C24H32N4O2P2S2/c1-7-27-22(13-30-5)26-28(24(27)29)18-12-21(34-14(2)3)17(11-20(18)32)19(31)10-16-15(4)8-9-25-23(16)33-6/h8-12,14H,7,13,31-32H2,1-6H3/b19-10-. The van der Waals surface area contributed by atoms with Crippen molar-refractivity contribution in [1.29, 1.82) is 0 Å². The Bertz CT molecular complexity index is 1270. The third kappa shape index (κ3) is 5.85. The Morgan fingerprint density at radius 3 is 2.68 bits per heavy atom. The van der Waals surface area contributed by atoms with Gasteiger partial charge in [-0.2, -0.15) is 4.68 Å². The summed E-state index contributed by atoms with van der Waals surface area (Å²) in [5.41, 5.74) is 4.00. The summed E-state index contributed by atoms with van der Waals surface area (Å²) in [6.07, 6.45) is 6.07. The van der Waals surface area contributed by atoms with E-state index in [2.05, 4.69) is 67.5 Å². The lowest BCUT2D eigenvalue weighted by molar-refractivity contribution is 0.173. The van der Waals surface area contributed by atoms with Gasteiger partial charge in [0.2, 0.25) is 0 Å². The van der Waals surface area contributed by atoms with E-state index in [4.69, 9.17) is 4.74 Å². The molecule has 0 spiro atoms. The molecule has 0 aliphatic carbocycles. The molecule has 0 N–H and O–H groups in total. The third-order valence-electron chi connectivity index (χ3n) is 5.22. The molecule has 0 radical (unpaired) electrons. The molecule has 0 saturated carbocycles. The molecule has 182 valence electrons. The first kappa shape index (κ1) is 27.2. The van der Waals surface area contributed by atoms with Gasteiger partial charge in [-0.05, 0) is 66.1 Å². The summed E-state index contributed by atoms with van der Waals surface area (Å²) < 4.78 is 8.38. The largest absolute Gasteiger partial charge is 0.377 e. The first-order valence-electron chi connectivity index (χ1n) is 11.0. The van der Waals surface area contributed by atoms with Crippen molar-refractivity contribution in [2.45, 2.75) is 56.0 Å². The summed E-state index contributed by atoms with van der Waals surface area (Å²) in [5.74, 6) is 0.616. The molecule has 3 rings (SSSR count).